The van der Waals surface area contributed by atoms with Crippen LogP contribution in [-0.2, 0) is 29.0 Å². The van der Waals surface area contributed by atoms with Gasteiger partial charge in [0.25, 0.3) is 0 Å². The van der Waals surface area contributed by atoms with Gasteiger partial charge in [-0.1, -0.05) is 27.2 Å². The molecule has 1 heterocycles. The van der Waals surface area contributed by atoms with Crippen LogP contribution in [0.3, 0.4) is 0 Å². The zero-order valence-electron chi connectivity index (χ0n) is 19.0. The molecule has 0 spiro atoms. The molecule has 0 aromatic heterocycles. The SMILES string of the molecule is CC(C)[C@H]1CC[C@H](C)C[C@@H]1OC(=O)COC(=O)c1ccc(S(=O)(=O)N2CCOCC2)cc1. The summed E-state index contributed by atoms with van der Waals surface area (Å²) in [4.78, 5) is 24.7. The van der Waals surface area contributed by atoms with E-state index in [1.165, 1.54) is 28.6 Å². The van der Waals surface area contributed by atoms with Gasteiger partial charge in [0.05, 0.1) is 23.7 Å². The van der Waals surface area contributed by atoms with E-state index in [9.17, 15) is 18.0 Å². The van der Waals surface area contributed by atoms with Gasteiger partial charge in [0.15, 0.2) is 6.61 Å². The van der Waals surface area contributed by atoms with Crippen molar-refractivity contribution >= 4 is 22.0 Å². The van der Waals surface area contributed by atoms with E-state index in [0.717, 1.165) is 19.3 Å². The highest BCUT2D eigenvalue weighted by Gasteiger charge is 2.33. The summed E-state index contributed by atoms with van der Waals surface area (Å²) in [6, 6.07) is 5.52. The second-order valence-electron chi connectivity index (χ2n) is 8.97. The first-order valence-corrected chi connectivity index (χ1v) is 12.7. The summed E-state index contributed by atoms with van der Waals surface area (Å²) in [5.74, 6) is -0.0381. The molecule has 1 aliphatic carbocycles. The van der Waals surface area contributed by atoms with E-state index in [4.69, 9.17) is 14.2 Å². The molecule has 1 saturated carbocycles. The predicted molar refractivity (Wildman–Crippen MR) is 118 cm³/mol. The van der Waals surface area contributed by atoms with E-state index >= 15 is 0 Å². The number of rotatable bonds is 7. The highest BCUT2D eigenvalue weighted by molar-refractivity contribution is 7.89. The summed E-state index contributed by atoms with van der Waals surface area (Å²) in [5.41, 5.74) is 0.171. The smallest absolute Gasteiger partial charge is 0.344 e. The first kappa shape index (κ1) is 24.7. The van der Waals surface area contributed by atoms with Crippen LogP contribution < -0.4 is 0 Å². The maximum Gasteiger partial charge on any atom is 0.344 e. The monoisotopic (exact) mass is 467 g/mol. The minimum atomic E-state index is -3.64. The zero-order valence-corrected chi connectivity index (χ0v) is 19.8. The standard InChI is InChI=1S/C23H33NO7S/c1-16(2)20-9-4-17(3)14-21(20)31-22(25)15-30-23(26)18-5-7-19(8-6-18)32(27,28)24-10-12-29-13-11-24/h5-8,16-17,20-21H,4,9-15H2,1-3H3/t17-,20+,21-/m0/s1. The van der Waals surface area contributed by atoms with Crippen LogP contribution in [0.15, 0.2) is 29.2 Å². The Labute approximate surface area is 190 Å². The molecule has 32 heavy (non-hydrogen) atoms. The lowest BCUT2D eigenvalue weighted by Gasteiger charge is -2.36. The van der Waals surface area contributed by atoms with Crippen LogP contribution in [-0.4, -0.2) is 63.7 Å². The van der Waals surface area contributed by atoms with Crippen molar-refractivity contribution in [3.8, 4) is 0 Å². The van der Waals surface area contributed by atoms with Gasteiger partial charge in [-0.3, -0.25) is 0 Å². The van der Waals surface area contributed by atoms with E-state index in [1.54, 1.807) is 0 Å². The normalized spacial score (nSPS) is 24.8. The molecule has 8 nitrogen and oxygen atoms in total. The molecule has 2 aliphatic rings. The number of hydrogen-bond acceptors (Lipinski definition) is 7. The van der Waals surface area contributed by atoms with Gasteiger partial charge in [-0.2, -0.15) is 4.31 Å². The first-order valence-electron chi connectivity index (χ1n) is 11.2. The number of carbonyl (C=O) groups is 2. The minimum absolute atomic E-state index is 0.0986. The lowest BCUT2D eigenvalue weighted by atomic mass is 9.75. The number of morpholine rings is 1. The summed E-state index contributed by atoms with van der Waals surface area (Å²) >= 11 is 0. The predicted octanol–water partition coefficient (Wildman–Crippen LogP) is 2.87. The number of hydrogen-bond donors (Lipinski definition) is 0. The van der Waals surface area contributed by atoms with Crippen LogP contribution in [0.4, 0.5) is 0 Å². The van der Waals surface area contributed by atoms with Gasteiger partial charge >= 0.3 is 11.9 Å². The van der Waals surface area contributed by atoms with E-state index in [1.807, 2.05) is 0 Å². The average molecular weight is 468 g/mol. The van der Waals surface area contributed by atoms with E-state index in [-0.39, 0.29) is 16.6 Å². The van der Waals surface area contributed by atoms with Gasteiger partial charge < -0.3 is 14.2 Å². The van der Waals surface area contributed by atoms with Gasteiger partial charge in [-0.25, -0.2) is 18.0 Å². The van der Waals surface area contributed by atoms with Crippen molar-refractivity contribution in [3.05, 3.63) is 29.8 Å². The Hall–Kier alpha value is -1.97. The summed E-state index contributed by atoms with van der Waals surface area (Å²) in [7, 11) is -3.64. The highest BCUT2D eigenvalue weighted by Crippen LogP contribution is 2.35. The summed E-state index contributed by atoms with van der Waals surface area (Å²) in [6.45, 7) is 7.25. The van der Waals surface area contributed by atoms with E-state index < -0.39 is 28.6 Å². The second kappa shape index (κ2) is 10.8. The number of esters is 2. The third-order valence-electron chi connectivity index (χ3n) is 6.26. The van der Waals surface area contributed by atoms with Crippen LogP contribution in [0.5, 0.6) is 0 Å². The Kier molecular flexibility index (Phi) is 8.30. The zero-order chi connectivity index (χ0) is 23.3. The van der Waals surface area contributed by atoms with E-state index in [0.29, 0.717) is 44.1 Å². The average Bonchev–Trinajstić information content (AvgIpc) is 2.78. The summed E-state index contributed by atoms with van der Waals surface area (Å²) in [5, 5.41) is 0. The Balaban J connectivity index is 1.54. The van der Waals surface area contributed by atoms with Crippen molar-refractivity contribution in [2.45, 2.75) is 51.0 Å². The molecule has 0 N–H and O–H groups in total. The maximum atomic E-state index is 12.7. The number of carbonyl (C=O) groups excluding carboxylic acids is 2. The van der Waals surface area contributed by atoms with Crippen LogP contribution in [0.1, 0.15) is 50.4 Å². The fourth-order valence-electron chi connectivity index (χ4n) is 4.36. The molecule has 0 bridgehead atoms. The minimum Gasteiger partial charge on any atom is -0.460 e. The molecule has 178 valence electrons. The van der Waals surface area contributed by atoms with Crippen molar-refractivity contribution in [1.29, 1.82) is 0 Å². The van der Waals surface area contributed by atoms with Crippen LogP contribution in [0.2, 0.25) is 0 Å². The number of ether oxygens (including phenoxy) is 3. The fraction of sp³-hybridized carbons (Fsp3) is 0.652. The Morgan fingerprint density at radius 3 is 2.41 bits per heavy atom. The molecule has 1 aromatic carbocycles. The van der Waals surface area contributed by atoms with Gasteiger partial charge in [0.2, 0.25) is 10.0 Å². The van der Waals surface area contributed by atoms with Crippen molar-refractivity contribution in [1.82, 2.24) is 4.31 Å². The molecular formula is C23H33NO7S. The third-order valence-corrected chi connectivity index (χ3v) is 8.18. The van der Waals surface area contributed by atoms with Crippen molar-refractivity contribution in [2.24, 2.45) is 17.8 Å². The first-order chi connectivity index (χ1) is 15.2. The number of benzene rings is 1. The molecule has 3 rings (SSSR count). The number of sulfonamides is 1. The quantitative estimate of drug-likeness (QED) is 0.569. The van der Waals surface area contributed by atoms with Crippen LogP contribution in [0, 0.1) is 17.8 Å². The Bertz CT molecular complexity index is 891. The Morgan fingerprint density at radius 2 is 1.78 bits per heavy atom. The molecule has 0 amide bonds. The molecule has 9 heteroatoms. The van der Waals surface area contributed by atoms with Crippen molar-refractivity contribution < 1.29 is 32.2 Å². The van der Waals surface area contributed by atoms with Gasteiger partial charge in [0.1, 0.15) is 6.10 Å². The van der Waals surface area contributed by atoms with Crippen molar-refractivity contribution in [3.63, 3.8) is 0 Å². The molecule has 2 fully saturated rings. The molecular weight excluding hydrogens is 434 g/mol. The maximum absolute atomic E-state index is 12.7. The Morgan fingerprint density at radius 1 is 1.12 bits per heavy atom. The fourth-order valence-corrected chi connectivity index (χ4v) is 5.77. The summed E-state index contributed by atoms with van der Waals surface area (Å²) < 4.78 is 42.6. The second-order valence-corrected chi connectivity index (χ2v) is 10.9. The van der Waals surface area contributed by atoms with E-state index in [2.05, 4.69) is 20.8 Å². The van der Waals surface area contributed by atoms with Crippen LogP contribution >= 0.6 is 0 Å². The topological polar surface area (TPSA) is 99.2 Å². The van der Waals surface area contributed by atoms with Gasteiger partial charge in [-0.15, -0.1) is 0 Å². The molecule has 1 aromatic rings. The van der Waals surface area contributed by atoms with Crippen LogP contribution in [0.25, 0.3) is 0 Å². The summed E-state index contributed by atoms with van der Waals surface area (Å²) in [6.07, 6.45) is 2.82. The molecule has 3 atom stereocenters. The lowest BCUT2D eigenvalue weighted by Crippen LogP contribution is -2.40. The lowest BCUT2D eigenvalue weighted by molar-refractivity contribution is -0.159. The van der Waals surface area contributed by atoms with Gasteiger partial charge in [-0.05, 0) is 54.9 Å². The number of nitrogens with zero attached hydrogens (tertiary/aromatic N) is 1. The largest absolute Gasteiger partial charge is 0.460 e. The highest BCUT2D eigenvalue weighted by atomic mass is 32.2. The molecule has 0 unspecified atom stereocenters. The van der Waals surface area contributed by atoms with Crippen molar-refractivity contribution in [2.75, 3.05) is 32.9 Å². The third kappa shape index (κ3) is 6.08. The molecule has 1 saturated heterocycles. The van der Waals surface area contributed by atoms with Gasteiger partial charge in [0, 0.05) is 13.1 Å². The molecule has 1 aliphatic heterocycles. The molecule has 0 radical (unpaired) electrons.